The van der Waals surface area contributed by atoms with Crippen LogP contribution in [0.15, 0.2) is 27.8 Å². The lowest BCUT2D eigenvalue weighted by molar-refractivity contribution is -0.119. The highest BCUT2D eigenvalue weighted by Crippen LogP contribution is 2.30. The highest BCUT2D eigenvalue weighted by Gasteiger charge is 2.15. The molecule has 136 valence electrons. The molecule has 1 atom stereocenters. The van der Waals surface area contributed by atoms with Crippen molar-refractivity contribution in [3.63, 3.8) is 0 Å². The van der Waals surface area contributed by atoms with Crippen LogP contribution in [-0.2, 0) is 4.79 Å². The Labute approximate surface area is 151 Å². The summed E-state index contributed by atoms with van der Waals surface area (Å²) in [5.74, 6) is 2.14. The van der Waals surface area contributed by atoms with E-state index in [1.807, 2.05) is 6.92 Å². The van der Waals surface area contributed by atoms with Crippen molar-refractivity contribution >= 4 is 17.7 Å². The number of benzene rings is 1. The molecule has 1 unspecified atom stereocenters. The van der Waals surface area contributed by atoms with Crippen LogP contribution >= 0.6 is 11.8 Å². The van der Waals surface area contributed by atoms with E-state index >= 15 is 0 Å². The number of hydrogen-bond donors (Lipinski definition) is 1. The minimum absolute atomic E-state index is 0.0611. The minimum atomic E-state index is -0.0611. The largest absolute Gasteiger partial charge is 0.497 e. The van der Waals surface area contributed by atoms with Gasteiger partial charge < -0.3 is 19.2 Å². The summed E-state index contributed by atoms with van der Waals surface area (Å²) in [7, 11) is 3.15. The first-order valence-corrected chi connectivity index (χ1v) is 8.90. The van der Waals surface area contributed by atoms with Gasteiger partial charge in [0.1, 0.15) is 11.5 Å². The van der Waals surface area contributed by atoms with Crippen molar-refractivity contribution < 1.29 is 18.7 Å². The monoisotopic (exact) mass is 365 g/mol. The smallest absolute Gasteiger partial charge is 0.277 e. The highest BCUT2D eigenvalue weighted by molar-refractivity contribution is 7.99. The van der Waals surface area contributed by atoms with Crippen molar-refractivity contribution in [2.24, 2.45) is 5.92 Å². The predicted molar refractivity (Wildman–Crippen MR) is 96.0 cm³/mol. The summed E-state index contributed by atoms with van der Waals surface area (Å²) in [5, 5.41) is 11.3. The molecule has 0 aliphatic carbocycles. The molecule has 1 aromatic carbocycles. The molecule has 8 heteroatoms. The van der Waals surface area contributed by atoms with E-state index in [0.29, 0.717) is 34.1 Å². The number of thioether (sulfide) groups is 1. The van der Waals surface area contributed by atoms with Crippen LogP contribution in [0.5, 0.6) is 11.5 Å². The van der Waals surface area contributed by atoms with Gasteiger partial charge in [-0.05, 0) is 25.0 Å². The molecule has 1 aromatic heterocycles. The topological polar surface area (TPSA) is 86.5 Å². The Hall–Kier alpha value is -2.22. The van der Waals surface area contributed by atoms with Crippen molar-refractivity contribution in [1.29, 1.82) is 0 Å². The Morgan fingerprint density at radius 1 is 1.16 bits per heavy atom. The molecule has 0 aliphatic rings. The molecule has 0 aliphatic heterocycles. The number of methoxy groups -OCH3 is 2. The van der Waals surface area contributed by atoms with Crippen LogP contribution in [0, 0.1) is 5.92 Å². The molecule has 0 fully saturated rings. The van der Waals surface area contributed by atoms with E-state index < -0.39 is 0 Å². The second kappa shape index (κ2) is 8.75. The number of aromatic nitrogens is 2. The molecule has 1 heterocycles. The van der Waals surface area contributed by atoms with Crippen molar-refractivity contribution in [3.05, 3.63) is 18.2 Å². The Kier molecular flexibility index (Phi) is 6.69. The van der Waals surface area contributed by atoms with Gasteiger partial charge in [-0.15, -0.1) is 10.2 Å². The fourth-order valence-corrected chi connectivity index (χ4v) is 2.48. The van der Waals surface area contributed by atoms with Crippen molar-refractivity contribution in [3.8, 4) is 23.0 Å². The maximum atomic E-state index is 11.9. The van der Waals surface area contributed by atoms with Crippen LogP contribution in [0.3, 0.4) is 0 Å². The Bertz CT molecular complexity index is 695. The number of rotatable bonds is 8. The predicted octanol–water partition coefficient (Wildman–Crippen LogP) is 3.01. The molecular weight excluding hydrogens is 342 g/mol. The van der Waals surface area contributed by atoms with Gasteiger partial charge in [0, 0.05) is 17.7 Å². The molecule has 0 spiro atoms. The lowest BCUT2D eigenvalue weighted by atomic mass is 10.1. The molecular formula is C17H23N3O4S. The highest BCUT2D eigenvalue weighted by atomic mass is 32.2. The van der Waals surface area contributed by atoms with Gasteiger partial charge in [-0.25, -0.2) is 0 Å². The van der Waals surface area contributed by atoms with Crippen LogP contribution in [0.4, 0.5) is 0 Å². The standard InChI is InChI=1S/C17H23N3O4S/c1-10(2)11(3)18-15(21)9-25-17-20-19-16(24-17)12-6-13(22-4)8-14(7-12)23-5/h6-8,10-11H,9H2,1-5H3,(H,18,21). The number of nitrogens with one attached hydrogen (secondary N) is 1. The van der Waals surface area contributed by atoms with E-state index in [4.69, 9.17) is 13.9 Å². The number of carbonyl (C=O) groups is 1. The second-order valence-corrected chi connectivity index (χ2v) is 6.79. The van der Waals surface area contributed by atoms with Crippen LogP contribution in [0.25, 0.3) is 11.5 Å². The van der Waals surface area contributed by atoms with E-state index in [2.05, 4.69) is 29.4 Å². The van der Waals surface area contributed by atoms with E-state index in [9.17, 15) is 4.79 Å². The Balaban J connectivity index is 2.02. The summed E-state index contributed by atoms with van der Waals surface area (Å²) >= 11 is 1.20. The van der Waals surface area contributed by atoms with Crippen LogP contribution in [0.2, 0.25) is 0 Å². The third-order valence-electron chi connectivity index (χ3n) is 3.72. The van der Waals surface area contributed by atoms with E-state index in [1.165, 1.54) is 11.8 Å². The maximum Gasteiger partial charge on any atom is 0.277 e. The average molecular weight is 365 g/mol. The van der Waals surface area contributed by atoms with Crippen molar-refractivity contribution in [2.75, 3.05) is 20.0 Å². The number of hydrogen-bond acceptors (Lipinski definition) is 7. The first-order valence-electron chi connectivity index (χ1n) is 7.92. The molecule has 2 rings (SSSR count). The second-order valence-electron chi connectivity index (χ2n) is 5.86. The fourth-order valence-electron chi connectivity index (χ4n) is 1.91. The Morgan fingerprint density at radius 2 is 1.80 bits per heavy atom. The zero-order chi connectivity index (χ0) is 18.4. The lowest BCUT2D eigenvalue weighted by Crippen LogP contribution is -2.37. The van der Waals surface area contributed by atoms with E-state index in [-0.39, 0.29) is 17.7 Å². The third-order valence-corrected chi connectivity index (χ3v) is 4.54. The van der Waals surface area contributed by atoms with Crippen LogP contribution in [-0.4, -0.2) is 42.1 Å². The molecule has 1 N–H and O–H groups in total. The molecule has 0 bridgehead atoms. The number of nitrogens with zero attached hydrogens (tertiary/aromatic N) is 2. The Morgan fingerprint density at radius 3 is 2.36 bits per heavy atom. The molecule has 7 nitrogen and oxygen atoms in total. The molecule has 25 heavy (non-hydrogen) atoms. The summed E-state index contributed by atoms with van der Waals surface area (Å²) < 4.78 is 16.1. The fraction of sp³-hybridized carbons (Fsp3) is 0.471. The van der Waals surface area contributed by atoms with E-state index in [0.717, 1.165) is 0 Å². The third kappa shape index (κ3) is 5.38. The normalized spacial score (nSPS) is 12.1. The quantitative estimate of drug-likeness (QED) is 0.720. The lowest BCUT2D eigenvalue weighted by Gasteiger charge is -2.16. The zero-order valence-electron chi connectivity index (χ0n) is 15.0. The SMILES string of the molecule is COc1cc(OC)cc(-c2nnc(SCC(=O)NC(C)C(C)C)o2)c1. The summed E-state index contributed by atoms with van der Waals surface area (Å²) in [6.07, 6.45) is 0. The number of ether oxygens (including phenoxy) is 2. The summed E-state index contributed by atoms with van der Waals surface area (Å²) in [5.41, 5.74) is 0.688. The molecule has 1 amide bonds. The summed E-state index contributed by atoms with van der Waals surface area (Å²) in [6.45, 7) is 6.10. The van der Waals surface area contributed by atoms with Crippen molar-refractivity contribution in [2.45, 2.75) is 32.0 Å². The van der Waals surface area contributed by atoms with Gasteiger partial charge in [0.2, 0.25) is 11.8 Å². The molecule has 0 radical (unpaired) electrons. The zero-order valence-corrected chi connectivity index (χ0v) is 15.8. The summed E-state index contributed by atoms with van der Waals surface area (Å²) in [4.78, 5) is 11.9. The minimum Gasteiger partial charge on any atom is -0.497 e. The van der Waals surface area contributed by atoms with Gasteiger partial charge in [0.05, 0.1) is 20.0 Å². The molecule has 2 aromatic rings. The van der Waals surface area contributed by atoms with Gasteiger partial charge in [-0.1, -0.05) is 25.6 Å². The first-order chi connectivity index (χ1) is 11.9. The van der Waals surface area contributed by atoms with Crippen LogP contribution < -0.4 is 14.8 Å². The first kappa shape index (κ1) is 19.1. The maximum absolute atomic E-state index is 11.9. The van der Waals surface area contributed by atoms with Gasteiger partial charge in [0.25, 0.3) is 5.22 Å². The molecule has 0 saturated heterocycles. The average Bonchev–Trinajstić information content (AvgIpc) is 3.08. The van der Waals surface area contributed by atoms with Gasteiger partial charge >= 0.3 is 0 Å². The van der Waals surface area contributed by atoms with Gasteiger partial charge in [-0.2, -0.15) is 0 Å². The summed E-state index contributed by atoms with van der Waals surface area (Å²) in [6, 6.07) is 5.44. The van der Waals surface area contributed by atoms with E-state index in [1.54, 1.807) is 32.4 Å². The van der Waals surface area contributed by atoms with Gasteiger partial charge in [0.15, 0.2) is 0 Å². The number of carbonyl (C=O) groups excluding carboxylic acids is 1. The van der Waals surface area contributed by atoms with Gasteiger partial charge in [-0.3, -0.25) is 4.79 Å². The van der Waals surface area contributed by atoms with Crippen LogP contribution in [0.1, 0.15) is 20.8 Å². The van der Waals surface area contributed by atoms with Crippen molar-refractivity contribution in [1.82, 2.24) is 15.5 Å². The number of amides is 1. The molecule has 0 saturated carbocycles.